The van der Waals surface area contributed by atoms with Gasteiger partial charge in [0, 0.05) is 63.2 Å². The highest BCUT2D eigenvalue weighted by Gasteiger charge is 2.22. The maximum absolute atomic E-state index is 13.9. The molecule has 1 saturated heterocycles. The van der Waals surface area contributed by atoms with Crippen LogP contribution in [0.3, 0.4) is 0 Å². The summed E-state index contributed by atoms with van der Waals surface area (Å²) in [5, 5.41) is 8.39. The lowest BCUT2D eigenvalue weighted by atomic mass is 9.97. The van der Waals surface area contributed by atoms with Crippen molar-refractivity contribution in [3.8, 4) is 0 Å². The third kappa shape index (κ3) is 6.95. The number of benzene rings is 1. The number of anilines is 2. The Morgan fingerprint density at radius 3 is 2.33 bits per heavy atom. The number of hydrogen-bond acceptors (Lipinski definition) is 6. The van der Waals surface area contributed by atoms with Crippen LogP contribution in [0, 0.1) is 20.8 Å². The van der Waals surface area contributed by atoms with Gasteiger partial charge in [0.25, 0.3) is 12.0 Å². The molecule has 0 amide bonds. The van der Waals surface area contributed by atoms with E-state index in [0.717, 1.165) is 44.0 Å². The highest BCUT2D eigenvalue weighted by molar-refractivity contribution is 5.86. The summed E-state index contributed by atoms with van der Waals surface area (Å²) < 4.78 is 44.1. The van der Waals surface area contributed by atoms with E-state index in [0.29, 0.717) is 22.0 Å². The Morgan fingerprint density at radius 1 is 1.00 bits per heavy atom. The fourth-order valence-corrected chi connectivity index (χ4v) is 5.20. The Bertz CT molecular complexity index is 1580. The molecule has 1 aliphatic heterocycles. The monoisotopic (exact) mass is 583 g/mol. The van der Waals surface area contributed by atoms with Crippen molar-refractivity contribution in [1.29, 1.82) is 0 Å². The first-order valence-electron chi connectivity index (χ1n) is 14.2. The van der Waals surface area contributed by atoms with Gasteiger partial charge in [-0.05, 0) is 75.5 Å². The van der Waals surface area contributed by atoms with Crippen molar-refractivity contribution in [1.82, 2.24) is 24.2 Å². The summed E-state index contributed by atoms with van der Waals surface area (Å²) in [6, 6.07) is 7.42. The van der Waals surface area contributed by atoms with Gasteiger partial charge in [0.1, 0.15) is 12.4 Å². The summed E-state index contributed by atoms with van der Waals surface area (Å²) in [6.45, 7) is 12.3. The van der Waals surface area contributed by atoms with Crippen LogP contribution in [-0.4, -0.2) is 64.1 Å². The highest BCUT2D eigenvalue weighted by Crippen LogP contribution is 2.32. The number of alkyl halides is 3. The number of aromatic nitrogens is 4. The molecule has 0 saturated carbocycles. The van der Waals surface area contributed by atoms with Gasteiger partial charge in [0.2, 0.25) is 0 Å². The second-order valence-corrected chi connectivity index (χ2v) is 10.8. The summed E-state index contributed by atoms with van der Waals surface area (Å²) in [5.74, 6) is 0. The smallest absolute Gasteiger partial charge is 0.282 e. The molecule has 0 radical (unpaired) electrons. The number of nitrogens with zero attached hydrogens (tertiary/aromatic N) is 6. The Morgan fingerprint density at radius 2 is 1.71 bits per heavy atom. The molecular weight excluding hydrogens is 543 g/mol. The van der Waals surface area contributed by atoms with Gasteiger partial charge in [-0.2, -0.15) is 5.10 Å². The van der Waals surface area contributed by atoms with Crippen molar-refractivity contribution in [3.05, 3.63) is 81.3 Å². The molecule has 1 aliphatic rings. The van der Waals surface area contributed by atoms with Gasteiger partial charge in [-0.3, -0.25) is 9.48 Å². The molecule has 1 aromatic carbocycles. The van der Waals surface area contributed by atoms with Gasteiger partial charge >= 0.3 is 0 Å². The first-order chi connectivity index (χ1) is 20.0. The van der Waals surface area contributed by atoms with E-state index in [4.69, 9.17) is 0 Å². The van der Waals surface area contributed by atoms with E-state index < -0.39 is 24.8 Å². The van der Waals surface area contributed by atoms with Crippen LogP contribution < -0.4 is 15.8 Å². The van der Waals surface area contributed by atoms with Crippen LogP contribution >= 0.6 is 0 Å². The topological polar surface area (TPSA) is 71.2 Å². The molecule has 1 fully saturated rings. The van der Waals surface area contributed by atoms with Crippen molar-refractivity contribution >= 4 is 22.1 Å². The van der Waals surface area contributed by atoms with Gasteiger partial charge in [0.05, 0.1) is 23.1 Å². The molecule has 0 bridgehead atoms. The van der Waals surface area contributed by atoms with Crippen molar-refractivity contribution < 1.29 is 13.2 Å². The quantitative estimate of drug-likeness (QED) is 0.307. The molecule has 42 heavy (non-hydrogen) atoms. The van der Waals surface area contributed by atoms with E-state index in [9.17, 15) is 18.0 Å². The highest BCUT2D eigenvalue weighted by atomic mass is 19.3. The number of hydrogen-bond donors (Lipinski definition) is 1. The molecule has 11 heteroatoms. The summed E-state index contributed by atoms with van der Waals surface area (Å²) in [6.07, 6.45) is 0.992. The zero-order chi connectivity index (χ0) is 30.6. The summed E-state index contributed by atoms with van der Waals surface area (Å²) in [7, 11) is 3.82. The summed E-state index contributed by atoms with van der Waals surface area (Å²) in [4.78, 5) is 21.1. The standard InChI is InChI=1S/C20H20F3N3O.C11H20N4/c1-11-8-14(13-6-7-26(3)20(27)15(13)9-11)17(10-21)25-16-5-4-12(2)24-18(16)19(22)23;1-4-15-9-11(10(2)12-15)14-7-5-13(3)6-8-14/h4-9,17,19,25H,10H2,1-3H3;9H,4-8H2,1-3H3/t17-;/m1./s1. The number of piperazine rings is 1. The second kappa shape index (κ2) is 13.4. The molecule has 4 aromatic rings. The van der Waals surface area contributed by atoms with E-state index >= 15 is 0 Å². The molecule has 5 rings (SSSR count). The minimum Gasteiger partial charge on any atom is -0.374 e. The van der Waals surface area contributed by atoms with Crippen LogP contribution in [0.1, 0.15) is 47.6 Å². The lowest BCUT2D eigenvalue weighted by molar-refractivity contribution is 0.146. The first-order valence-corrected chi connectivity index (χ1v) is 14.2. The van der Waals surface area contributed by atoms with Crippen molar-refractivity contribution in [3.63, 3.8) is 0 Å². The van der Waals surface area contributed by atoms with E-state index in [1.807, 2.05) is 11.6 Å². The van der Waals surface area contributed by atoms with E-state index in [-0.39, 0.29) is 11.2 Å². The molecule has 4 heterocycles. The molecule has 1 N–H and O–H groups in total. The molecule has 3 aromatic heterocycles. The number of aryl methyl sites for hydroxylation is 5. The van der Waals surface area contributed by atoms with E-state index in [1.54, 1.807) is 44.4 Å². The molecule has 0 unspecified atom stereocenters. The fourth-order valence-electron chi connectivity index (χ4n) is 5.20. The fraction of sp³-hybridized carbons (Fsp3) is 0.452. The minimum absolute atomic E-state index is 0.0803. The summed E-state index contributed by atoms with van der Waals surface area (Å²) in [5.41, 5.74) is 3.73. The number of rotatable bonds is 7. The summed E-state index contributed by atoms with van der Waals surface area (Å²) >= 11 is 0. The number of halogens is 3. The molecule has 0 aliphatic carbocycles. The van der Waals surface area contributed by atoms with E-state index in [2.05, 4.69) is 52.3 Å². The van der Waals surface area contributed by atoms with Crippen molar-refractivity contribution in [2.24, 2.45) is 7.05 Å². The predicted molar refractivity (Wildman–Crippen MR) is 163 cm³/mol. The average Bonchev–Trinajstić information content (AvgIpc) is 3.35. The minimum atomic E-state index is -2.78. The maximum Gasteiger partial charge on any atom is 0.282 e. The number of fused-ring (bicyclic) bond motifs is 1. The van der Waals surface area contributed by atoms with Crippen LogP contribution in [0.25, 0.3) is 10.8 Å². The largest absolute Gasteiger partial charge is 0.374 e. The third-order valence-corrected chi connectivity index (χ3v) is 7.59. The second-order valence-electron chi connectivity index (χ2n) is 10.8. The molecule has 226 valence electrons. The van der Waals surface area contributed by atoms with Crippen molar-refractivity contribution in [2.45, 2.75) is 46.7 Å². The Balaban J connectivity index is 0.000000227. The van der Waals surface area contributed by atoms with Crippen molar-refractivity contribution in [2.75, 3.05) is 50.1 Å². The third-order valence-electron chi connectivity index (χ3n) is 7.59. The van der Waals surface area contributed by atoms with Crippen LogP contribution in [-0.2, 0) is 13.6 Å². The first kappa shape index (κ1) is 31.1. The van der Waals surface area contributed by atoms with Gasteiger partial charge < -0.3 is 19.7 Å². The van der Waals surface area contributed by atoms with Gasteiger partial charge in [-0.25, -0.2) is 18.2 Å². The Labute approximate surface area is 244 Å². The molecule has 0 spiro atoms. The predicted octanol–water partition coefficient (Wildman–Crippen LogP) is 5.57. The normalized spacial score (nSPS) is 14.7. The van der Waals surface area contributed by atoms with Crippen LogP contribution in [0.5, 0.6) is 0 Å². The lowest BCUT2D eigenvalue weighted by Gasteiger charge is -2.33. The zero-order valence-corrected chi connectivity index (χ0v) is 25.2. The molecule has 8 nitrogen and oxygen atoms in total. The Kier molecular flexibility index (Phi) is 9.93. The SMILES string of the molecule is CCn1cc(N2CCN(C)CC2)c(C)n1.Cc1cc([C@@H](CF)Nc2ccc(C)nc2C(F)F)c2ccn(C)c(=O)c2c1. The van der Waals surface area contributed by atoms with Gasteiger partial charge in [-0.1, -0.05) is 6.07 Å². The lowest BCUT2D eigenvalue weighted by Crippen LogP contribution is -2.44. The van der Waals surface area contributed by atoms with E-state index in [1.165, 1.54) is 16.3 Å². The van der Waals surface area contributed by atoms with Crippen LogP contribution in [0.2, 0.25) is 0 Å². The van der Waals surface area contributed by atoms with Gasteiger partial charge in [-0.15, -0.1) is 0 Å². The number of nitrogens with one attached hydrogen (secondary N) is 1. The molecular formula is C31H40F3N7O. The zero-order valence-electron chi connectivity index (χ0n) is 25.2. The molecule has 1 atom stereocenters. The Hall–Kier alpha value is -3.86. The van der Waals surface area contributed by atoms with Crippen LogP contribution in [0.15, 0.2) is 47.5 Å². The maximum atomic E-state index is 13.9. The number of pyridine rings is 2. The average molecular weight is 584 g/mol. The number of likely N-dealkylation sites (N-methyl/N-ethyl adjacent to an activating group) is 1. The van der Waals surface area contributed by atoms with Gasteiger partial charge in [0.15, 0.2) is 0 Å². The van der Waals surface area contributed by atoms with Crippen LogP contribution in [0.4, 0.5) is 24.5 Å².